The largest absolute Gasteiger partial charge is 0.416 e. The van der Waals surface area contributed by atoms with Crippen molar-refractivity contribution in [3.8, 4) is 0 Å². The zero-order valence-electron chi connectivity index (χ0n) is 14.5. The molecule has 2 amide bonds. The third-order valence-corrected chi connectivity index (χ3v) is 3.80. The third-order valence-electron chi connectivity index (χ3n) is 3.47. The van der Waals surface area contributed by atoms with Crippen LogP contribution in [0, 0.1) is 5.92 Å². The molecule has 27 heavy (non-hydrogen) atoms. The predicted molar refractivity (Wildman–Crippen MR) is 95.8 cm³/mol. The number of rotatable bonds is 5. The van der Waals surface area contributed by atoms with Gasteiger partial charge in [-0.2, -0.15) is 13.2 Å². The number of carbonyl (C=O) groups excluding carboxylic acids is 2. The van der Waals surface area contributed by atoms with Crippen molar-refractivity contribution < 1.29 is 22.8 Å². The number of amides is 2. The summed E-state index contributed by atoms with van der Waals surface area (Å²) in [6, 6.07) is 5.22. The molecule has 1 aromatic carbocycles. The van der Waals surface area contributed by atoms with Gasteiger partial charge in [0, 0.05) is 18.3 Å². The summed E-state index contributed by atoms with van der Waals surface area (Å²) in [6.07, 6.45) is -3.30. The summed E-state index contributed by atoms with van der Waals surface area (Å²) >= 11 is 5.87. The molecule has 0 aliphatic heterocycles. The first-order valence-corrected chi connectivity index (χ1v) is 8.38. The maximum absolute atomic E-state index is 12.8. The first kappa shape index (κ1) is 20.7. The minimum atomic E-state index is -4.57. The summed E-state index contributed by atoms with van der Waals surface area (Å²) in [5.74, 6) is -0.921. The maximum Gasteiger partial charge on any atom is 0.416 e. The molecule has 0 fully saturated rings. The highest BCUT2D eigenvalue weighted by Gasteiger charge is 2.31. The number of nitrogens with one attached hydrogen (secondary N) is 2. The Labute approximate surface area is 158 Å². The highest BCUT2D eigenvalue weighted by atomic mass is 35.5. The Kier molecular flexibility index (Phi) is 6.43. The van der Waals surface area contributed by atoms with Crippen LogP contribution in [0.2, 0.25) is 5.02 Å². The maximum atomic E-state index is 12.8. The van der Waals surface area contributed by atoms with Gasteiger partial charge in [0.1, 0.15) is 5.69 Å². The molecule has 0 bridgehead atoms. The standard InChI is InChI=1S/C18H17ClF3N3O2/c1-10(2)9-24-17(27)15-7-11(5-6-23-15)16(26)25-14-8-12(18(20,21)22)3-4-13(14)19/h3-8,10H,9H2,1-2H3,(H,24,27)(H,25,26). The Morgan fingerprint density at radius 2 is 1.85 bits per heavy atom. The predicted octanol–water partition coefficient (Wildman–Crippen LogP) is 4.39. The molecule has 144 valence electrons. The fraction of sp³-hybridized carbons (Fsp3) is 0.278. The number of aromatic nitrogens is 1. The van der Waals surface area contributed by atoms with E-state index in [2.05, 4.69) is 15.6 Å². The first-order chi connectivity index (χ1) is 12.6. The number of pyridine rings is 1. The van der Waals surface area contributed by atoms with Crippen molar-refractivity contribution in [2.24, 2.45) is 5.92 Å². The average Bonchev–Trinajstić information content (AvgIpc) is 2.60. The molecule has 0 atom stereocenters. The van der Waals surface area contributed by atoms with Gasteiger partial charge in [-0.1, -0.05) is 25.4 Å². The van der Waals surface area contributed by atoms with Crippen LogP contribution in [-0.4, -0.2) is 23.3 Å². The number of alkyl halides is 3. The van der Waals surface area contributed by atoms with Crippen molar-refractivity contribution in [2.75, 3.05) is 11.9 Å². The van der Waals surface area contributed by atoms with Crippen molar-refractivity contribution in [3.05, 3.63) is 58.4 Å². The molecular weight excluding hydrogens is 383 g/mol. The second kappa shape index (κ2) is 8.39. The lowest BCUT2D eigenvalue weighted by atomic mass is 10.1. The number of anilines is 1. The Balaban J connectivity index is 2.19. The van der Waals surface area contributed by atoms with Crippen molar-refractivity contribution in [1.29, 1.82) is 0 Å². The molecule has 1 aromatic heterocycles. The van der Waals surface area contributed by atoms with E-state index in [1.165, 1.54) is 18.3 Å². The van der Waals surface area contributed by atoms with Gasteiger partial charge in [-0.05, 0) is 36.2 Å². The van der Waals surface area contributed by atoms with Crippen molar-refractivity contribution >= 4 is 29.1 Å². The van der Waals surface area contributed by atoms with Gasteiger partial charge in [0.2, 0.25) is 0 Å². The van der Waals surface area contributed by atoms with Crippen LogP contribution in [0.15, 0.2) is 36.5 Å². The smallest absolute Gasteiger partial charge is 0.350 e. The first-order valence-electron chi connectivity index (χ1n) is 8.00. The zero-order chi connectivity index (χ0) is 20.2. The second-order valence-corrected chi connectivity index (χ2v) is 6.59. The highest BCUT2D eigenvalue weighted by molar-refractivity contribution is 6.34. The van der Waals surface area contributed by atoms with E-state index in [4.69, 9.17) is 11.6 Å². The lowest BCUT2D eigenvalue weighted by Crippen LogP contribution is -2.28. The molecule has 0 unspecified atom stereocenters. The van der Waals surface area contributed by atoms with E-state index in [0.29, 0.717) is 6.54 Å². The van der Waals surface area contributed by atoms with Crippen LogP contribution >= 0.6 is 11.6 Å². The van der Waals surface area contributed by atoms with Crippen LogP contribution in [0.1, 0.15) is 40.3 Å². The van der Waals surface area contributed by atoms with Crippen LogP contribution in [0.25, 0.3) is 0 Å². The molecule has 0 aliphatic rings. The lowest BCUT2D eigenvalue weighted by molar-refractivity contribution is -0.137. The lowest BCUT2D eigenvalue weighted by Gasteiger charge is -2.12. The summed E-state index contributed by atoms with van der Waals surface area (Å²) < 4.78 is 38.5. The summed E-state index contributed by atoms with van der Waals surface area (Å²) in [4.78, 5) is 28.3. The average molecular weight is 400 g/mol. The van der Waals surface area contributed by atoms with Gasteiger partial charge in [0.25, 0.3) is 11.8 Å². The number of hydrogen-bond acceptors (Lipinski definition) is 3. The molecular formula is C18H17ClF3N3O2. The normalized spacial score (nSPS) is 11.4. The Bertz CT molecular complexity index is 854. The van der Waals surface area contributed by atoms with Crippen molar-refractivity contribution in [2.45, 2.75) is 20.0 Å². The van der Waals surface area contributed by atoms with E-state index in [9.17, 15) is 22.8 Å². The molecule has 0 spiro atoms. The Morgan fingerprint density at radius 1 is 1.15 bits per heavy atom. The van der Waals surface area contributed by atoms with E-state index < -0.39 is 23.6 Å². The fourth-order valence-corrected chi connectivity index (χ4v) is 2.24. The van der Waals surface area contributed by atoms with Gasteiger partial charge >= 0.3 is 6.18 Å². The number of benzene rings is 1. The minimum absolute atomic E-state index is 0.0263. The van der Waals surface area contributed by atoms with Crippen LogP contribution in [0.5, 0.6) is 0 Å². The molecule has 1 heterocycles. The van der Waals surface area contributed by atoms with E-state index in [-0.39, 0.29) is 27.9 Å². The zero-order valence-corrected chi connectivity index (χ0v) is 15.3. The second-order valence-electron chi connectivity index (χ2n) is 6.18. The van der Waals surface area contributed by atoms with E-state index in [1.807, 2.05) is 13.8 Å². The molecule has 0 radical (unpaired) electrons. The number of nitrogens with zero attached hydrogens (tertiary/aromatic N) is 1. The Morgan fingerprint density at radius 3 is 2.48 bits per heavy atom. The van der Waals surface area contributed by atoms with Crippen LogP contribution < -0.4 is 10.6 Å². The van der Waals surface area contributed by atoms with Gasteiger partial charge in [-0.25, -0.2) is 0 Å². The van der Waals surface area contributed by atoms with E-state index >= 15 is 0 Å². The minimum Gasteiger partial charge on any atom is -0.350 e. The molecule has 9 heteroatoms. The van der Waals surface area contributed by atoms with Crippen molar-refractivity contribution in [3.63, 3.8) is 0 Å². The van der Waals surface area contributed by atoms with Gasteiger partial charge in [-0.3, -0.25) is 14.6 Å². The molecule has 0 aliphatic carbocycles. The Hall–Kier alpha value is -2.61. The molecule has 5 nitrogen and oxygen atoms in total. The molecule has 2 rings (SSSR count). The highest BCUT2D eigenvalue weighted by Crippen LogP contribution is 2.33. The quantitative estimate of drug-likeness (QED) is 0.783. The molecule has 0 saturated heterocycles. The summed E-state index contributed by atoms with van der Waals surface area (Å²) in [6.45, 7) is 4.30. The molecule has 2 aromatic rings. The number of hydrogen-bond donors (Lipinski definition) is 2. The number of carbonyl (C=O) groups is 2. The third kappa shape index (κ3) is 5.68. The van der Waals surface area contributed by atoms with Gasteiger partial charge in [-0.15, -0.1) is 0 Å². The van der Waals surface area contributed by atoms with Gasteiger partial charge in [0.05, 0.1) is 16.3 Å². The van der Waals surface area contributed by atoms with Gasteiger partial charge < -0.3 is 10.6 Å². The number of halogens is 4. The SMILES string of the molecule is CC(C)CNC(=O)c1cc(C(=O)Nc2cc(C(F)(F)F)ccc2Cl)ccn1. The topological polar surface area (TPSA) is 71.1 Å². The monoisotopic (exact) mass is 399 g/mol. The van der Waals surface area contributed by atoms with Crippen LogP contribution in [-0.2, 0) is 6.18 Å². The fourth-order valence-electron chi connectivity index (χ4n) is 2.08. The van der Waals surface area contributed by atoms with E-state index in [0.717, 1.165) is 18.2 Å². The van der Waals surface area contributed by atoms with Crippen molar-refractivity contribution in [1.82, 2.24) is 10.3 Å². The van der Waals surface area contributed by atoms with E-state index in [1.54, 1.807) is 0 Å². The summed E-state index contributed by atoms with van der Waals surface area (Å²) in [5.41, 5.74) is -1.03. The molecule has 0 saturated carbocycles. The van der Waals surface area contributed by atoms with Crippen LogP contribution in [0.3, 0.4) is 0 Å². The summed E-state index contributed by atoms with van der Waals surface area (Å²) in [5, 5.41) is 4.95. The van der Waals surface area contributed by atoms with Gasteiger partial charge in [0.15, 0.2) is 0 Å². The van der Waals surface area contributed by atoms with Crippen LogP contribution in [0.4, 0.5) is 18.9 Å². The summed E-state index contributed by atoms with van der Waals surface area (Å²) in [7, 11) is 0. The molecule has 2 N–H and O–H groups in total.